The standard InChI is InChI=1S/C25H29N3O4S/c1-14-10-11-15(2)19(12-14)27-22(29)17(4)28-13-26-23-20(24(28)30)16(3)21(33-23)25(31)32-18-8-6-5-7-9-18/h10-13,17-18H,5-9H2,1-4H3,(H,27,29). The van der Waals surface area contributed by atoms with Crippen molar-refractivity contribution in [3.63, 3.8) is 0 Å². The molecule has 0 radical (unpaired) electrons. The van der Waals surface area contributed by atoms with Gasteiger partial charge >= 0.3 is 5.97 Å². The Hall–Kier alpha value is -3.00. The number of aromatic nitrogens is 2. The highest BCUT2D eigenvalue weighted by atomic mass is 32.1. The molecule has 0 aliphatic heterocycles. The van der Waals surface area contributed by atoms with Crippen molar-refractivity contribution in [2.45, 2.75) is 71.9 Å². The van der Waals surface area contributed by atoms with E-state index in [2.05, 4.69) is 10.3 Å². The molecule has 1 aromatic carbocycles. The van der Waals surface area contributed by atoms with Gasteiger partial charge in [-0.2, -0.15) is 0 Å². The van der Waals surface area contributed by atoms with E-state index in [4.69, 9.17) is 4.74 Å². The zero-order valence-electron chi connectivity index (χ0n) is 19.4. The zero-order chi connectivity index (χ0) is 23.7. The molecule has 1 atom stereocenters. The Balaban J connectivity index is 1.60. The third kappa shape index (κ3) is 4.71. The van der Waals surface area contributed by atoms with Gasteiger partial charge in [0.2, 0.25) is 5.91 Å². The maximum atomic E-state index is 13.3. The first-order valence-corrected chi connectivity index (χ1v) is 12.2. The molecule has 0 saturated heterocycles. The molecule has 33 heavy (non-hydrogen) atoms. The monoisotopic (exact) mass is 467 g/mol. The van der Waals surface area contributed by atoms with Crippen molar-refractivity contribution in [2.75, 3.05) is 5.32 Å². The number of nitrogens with zero attached hydrogens (tertiary/aromatic N) is 2. The lowest BCUT2D eigenvalue weighted by Crippen LogP contribution is -2.32. The highest BCUT2D eigenvalue weighted by Crippen LogP contribution is 2.30. The van der Waals surface area contributed by atoms with Crippen LogP contribution >= 0.6 is 11.3 Å². The van der Waals surface area contributed by atoms with Gasteiger partial charge in [0.05, 0.1) is 11.7 Å². The maximum Gasteiger partial charge on any atom is 0.348 e. The minimum Gasteiger partial charge on any atom is -0.458 e. The number of carbonyl (C=O) groups is 2. The lowest BCUT2D eigenvalue weighted by Gasteiger charge is -2.21. The van der Waals surface area contributed by atoms with Gasteiger partial charge in [-0.15, -0.1) is 11.3 Å². The van der Waals surface area contributed by atoms with Crippen LogP contribution in [0.3, 0.4) is 0 Å². The summed E-state index contributed by atoms with van der Waals surface area (Å²) in [4.78, 5) is 44.3. The Bertz CT molecular complexity index is 1270. The third-order valence-corrected chi connectivity index (χ3v) is 7.51. The molecule has 1 N–H and O–H groups in total. The summed E-state index contributed by atoms with van der Waals surface area (Å²) in [5.74, 6) is -0.703. The van der Waals surface area contributed by atoms with E-state index in [1.54, 1.807) is 13.8 Å². The first-order chi connectivity index (χ1) is 15.8. The van der Waals surface area contributed by atoms with Gasteiger partial charge < -0.3 is 10.1 Å². The number of fused-ring (bicyclic) bond motifs is 1. The molecule has 1 amide bonds. The van der Waals surface area contributed by atoms with Crippen molar-refractivity contribution < 1.29 is 14.3 Å². The zero-order valence-corrected chi connectivity index (χ0v) is 20.3. The molecular weight excluding hydrogens is 438 g/mol. The molecule has 7 nitrogen and oxygen atoms in total. The van der Waals surface area contributed by atoms with Gasteiger partial charge in [-0.3, -0.25) is 14.2 Å². The van der Waals surface area contributed by atoms with Gasteiger partial charge in [0.15, 0.2) is 0 Å². The number of hydrogen-bond acceptors (Lipinski definition) is 6. The van der Waals surface area contributed by atoms with Crippen LogP contribution in [0.5, 0.6) is 0 Å². The number of rotatable bonds is 5. The highest BCUT2D eigenvalue weighted by Gasteiger charge is 2.26. The molecule has 4 rings (SSSR count). The van der Waals surface area contributed by atoms with Gasteiger partial charge in [0.25, 0.3) is 5.56 Å². The van der Waals surface area contributed by atoms with Crippen LogP contribution in [0.4, 0.5) is 5.69 Å². The molecule has 3 aromatic rings. The summed E-state index contributed by atoms with van der Waals surface area (Å²) in [5, 5.41) is 3.28. The molecule has 0 bridgehead atoms. The van der Waals surface area contributed by atoms with E-state index in [9.17, 15) is 14.4 Å². The second kappa shape index (κ2) is 9.47. The maximum absolute atomic E-state index is 13.3. The minimum absolute atomic E-state index is 0.0609. The van der Waals surface area contributed by atoms with Gasteiger partial charge in [-0.05, 0) is 76.1 Å². The van der Waals surface area contributed by atoms with Crippen LogP contribution in [0, 0.1) is 20.8 Å². The van der Waals surface area contributed by atoms with Crippen LogP contribution in [-0.2, 0) is 9.53 Å². The van der Waals surface area contributed by atoms with Gasteiger partial charge in [-0.25, -0.2) is 9.78 Å². The topological polar surface area (TPSA) is 90.3 Å². The lowest BCUT2D eigenvalue weighted by atomic mass is 9.98. The number of esters is 1. The molecule has 174 valence electrons. The van der Waals surface area contributed by atoms with E-state index in [0.29, 0.717) is 26.3 Å². The van der Waals surface area contributed by atoms with E-state index in [0.717, 1.165) is 36.8 Å². The Morgan fingerprint density at radius 2 is 1.91 bits per heavy atom. The predicted octanol–water partition coefficient (Wildman–Crippen LogP) is 5.07. The molecule has 2 heterocycles. The molecule has 1 saturated carbocycles. The minimum atomic E-state index is -0.772. The van der Waals surface area contributed by atoms with E-state index in [1.807, 2.05) is 32.0 Å². The number of benzene rings is 1. The molecule has 2 aromatic heterocycles. The van der Waals surface area contributed by atoms with Crippen molar-refractivity contribution >= 4 is 39.1 Å². The fourth-order valence-electron chi connectivity index (χ4n) is 4.23. The molecule has 8 heteroatoms. The van der Waals surface area contributed by atoms with E-state index in [-0.39, 0.29) is 17.6 Å². The summed E-state index contributed by atoms with van der Waals surface area (Å²) in [5.41, 5.74) is 2.91. The largest absolute Gasteiger partial charge is 0.458 e. The number of anilines is 1. The van der Waals surface area contributed by atoms with E-state index >= 15 is 0 Å². The van der Waals surface area contributed by atoms with Crippen molar-refractivity contribution in [1.82, 2.24) is 9.55 Å². The molecule has 0 spiro atoms. The van der Waals surface area contributed by atoms with Gasteiger partial charge in [-0.1, -0.05) is 18.6 Å². The first-order valence-electron chi connectivity index (χ1n) is 11.4. The number of amides is 1. The molecule has 1 fully saturated rings. The molecular formula is C25H29N3O4S. The number of ether oxygens (including phenoxy) is 1. The van der Waals surface area contributed by atoms with Crippen LogP contribution < -0.4 is 10.9 Å². The summed E-state index contributed by atoms with van der Waals surface area (Å²) >= 11 is 1.17. The van der Waals surface area contributed by atoms with Gasteiger partial charge in [0, 0.05) is 5.69 Å². The summed E-state index contributed by atoms with van der Waals surface area (Å²) < 4.78 is 7.02. The van der Waals surface area contributed by atoms with Crippen LogP contribution in [0.25, 0.3) is 10.2 Å². The predicted molar refractivity (Wildman–Crippen MR) is 130 cm³/mol. The van der Waals surface area contributed by atoms with Gasteiger partial charge in [0.1, 0.15) is 21.9 Å². The Kier molecular flexibility index (Phi) is 6.65. The van der Waals surface area contributed by atoms with Crippen LogP contribution in [-0.4, -0.2) is 27.5 Å². The third-order valence-electron chi connectivity index (χ3n) is 6.33. The Morgan fingerprint density at radius 1 is 1.18 bits per heavy atom. The summed E-state index contributed by atoms with van der Waals surface area (Å²) in [6.45, 7) is 7.28. The van der Waals surface area contributed by atoms with E-state index in [1.165, 1.54) is 28.7 Å². The Morgan fingerprint density at radius 3 is 2.64 bits per heavy atom. The summed E-state index contributed by atoms with van der Waals surface area (Å²) in [6.07, 6.45) is 6.39. The first kappa shape index (κ1) is 23.2. The smallest absolute Gasteiger partial charge is 0.348 e. The summed E-state index contributed by atoms with van der Waals surface area (Å²) in [6, 6.07) is 5.05. The van der Waals surface area contributed by atoms with E-state index < -0.39 is 12.0 Å². The molecule has 1 aliphatic rings. The van der Waals surface area contributed by atoms with Crippen molar-refractivity contribution in [2.24, 2.45) is 0 Å². The SMILES string of the molecule is Cc1ccc(C)c(NC(=O)C(C)n2cnc3sc(C(=O)OC4CCCCC4)c(C)c3c2=O)c1. The average Bonchev–Trinajstić information content (AvgIpc) is 3.14. The number of aryl methyl sites for hydroxylation is 3. The van der Waals surface area contributed by atoms with Crippen molar-refractivity contribution in [3.8, 4) is 0 Å². The molecule has 1 unspecified atom stereocenters. The highest BCUT2D eigenvalue weighted by molar-refractivity contribution is 7.20. The quantitative estimate of drug-likeness (QED) is 0.529. The van der Waals surface area contributed by atoms with Crippen molar-refractivity contribution in [3.05, 3.63) is 56.4 Å². The second-order valence-corrected chi connectivity index (χ2v) is 9.84. The number of nitrogens with one attached hydrogen (secondary N) is 1. The normalized spacial score (nSPS) is 15.4. The number of thiophene rings is 1. The van der Waals surface area contributed by atoms with Crippen LogP contribution in [0.1, 0.15) is 71.4 Å². The average molecular weight is 468 g/mol. The molecule has 1 aliphatic carbocycles. The number of carbonyl (C=O) groups excluding carboxylic acids is 2. The lowest BCUT2D eigenvalue weighted by molar-refractivity contribution is -0.118. The van der Waals surface area contributed by atoms with Crippen molar-refractivity contribution in [1.29, 1.82) is 0 Å². The van der Waals surface area contributed by atoms with Crippen LogP contribution in [0.15, 0.2) is 29.3 Å². The number of hydrogen-bond donors (Lipinski definition) is 1. The fraction of sp³-hybridized carbons (Fsp3) is 0.440. The Labute approximate surface area is 196 Å². The fourth-order valence-corrected chi connectivity index (χ4v) is 5.25. The summed E-state index contributed by atoms with van der Waals surface area (Å²) in [7, 11) is 0. The van der Waals surface area contributed by atoms with Crippen LogP contribution in [0.2, 0.25) is 0 Å². The second-order valence-electron chi connectivity index (χ2n) is 8.84.